The van der Waals surface area contributed by atoms with E-state index >= 15 is 0 Å². The van der Waals surface area contributed by atoms with E-state index in [1.807, 2.05) is 0 Å². The molecule has 0 aliphatic carbocycles. The van der Waals surface area contributed by atoms with Crippen LogP contribution in [0, 0.1) is 20.2 Å². The first-order chi connectivity index (χ1) is 13.2. The van der Waals surface area contributed by atoms with Gasteiger partial charge in [0.1, 0.15) is 12.6 Å². The van der Waals surface area contributed by atoms with Crippen molar-refractivity contribution in [3.63, 3.8) is 0 Å². The normalized spacial score (nSPS) is 11.4. The number of hydrogen-bond acceptors (Lipinski definition) is 7. The Balaban J connectivity index is 2.56. The highest BCUT2D eigenvalue weighted by Gasteiger charge is 2.29. The Bertz CT molecular complexity index is 948. The fourth-order valence-electron chi connectivity index (χ4n) is 2.46. The molecule has 12 nitrogen and oxygen atoms in total. The maximum absolute atomic E-state index is 12.5. The lowest BCUT2D eigenvalue weighted by molar-refractivity contribution is -0.397. The third-order valence-corrected chi connectivity index (χ3v) is 3.75. The second-order valence-electron chi connectivity index (χ2n) is 5.64. The Kier molecular flexibility index (Phi) is 6.16. The highest BCUT2D eigenvalue weighted by Crippen LogP contribution is 2.20. The molecule has 0 saturated heterocycles. The summed E-state index contributed by atoms with van der Waals surface area (Å²) in [4.78, 5) is 55.1. The number of amides is 1. The van der Waals surface area contributed by atoms with E-state index in [2.05, 4.69) is 5.32 Å². The van der Waals surface area contributed by atoms with Gasteiger partial charge in [-0.25, -0.2) is 0 Å². The van der Waals surface area contributed by atoms with Crippen LogP contribution in [0.3, 0.4) is 0 Å². The zero-order chi connectivity index (χ0) is 20.8. The van der Waals surface area contributed by atoms with E-state index in [1.54, 1.807) is 30.3 Å². The number of rotatable bonds is 8. The van der Waals surface area contributed by atoms with Crippen LogP contribution in [0.25, 0.3) is 0 Å². The predicted octanol–water partition coefficient (Wildman–Crippen LogP) is 0.649. The Morgan fingerprint density at radius 2 is 1.61 bits per heavy atom. The van der Waals surface area contributed by atoms with Crippen LogP contribution < -0.4 is 10.7 Å². The summed E-state index contributed by atoms with van der Waals surface area (Å²) in [7, 11) is 0. The van der Waals surface area contributed by atoms with Crippen molar-refractivity contribution < 1.29 is 24.5 Å². The van der Waals surface area contributed by atoms with Crippen molar-refractivity contribution in [2.75, 3.05) is 6.54 Å². The van der Waals surface area contributed by atoms with Crippen LogP contribution in [-0.2, 0) is 16.0 Å². The minimum absolute atomic E-state index is 0.0521. The van der Waals surface area contributed by atoms with Crippen LogP contribution in [0.2, 0.25) is 0 Å². The largest absolute Gasteiger partial charge is 0.480 e. The van der Waals surface area contributed by atoms with E-state index in [0.717, 1.165) is 17.0 Å². The molecule has 0 radical (unpaired) electrons. The first-order valence-electron chi connectivity index (χ1n) is 7.78. The van der Waals surface area contributed by atoms with Crippen molar-refractivity contribution in [1.29, 1.82) is 0 Å². The number of nitro groups is 2. The van der Waals surface area contributed by atoms with Crippen molar-refractivity contribution in [2.45, 2.75) is 12.5 Å². The van der Waals surface area contributed by atoms with E-state index in [-0.39, 0.29) is 6.42 Å². The lowest BCUT2D eigenvalue weighted by Gasteiger charge is -2.19. The van der Waals surface area contributed by atoms with Gasteiger partial charge in [-0.3, -0.25) is 34.6 Å². The van der Waals surface area contributed by atoms with Gasteiger partial charge in [-0.15, -0.1) is 0 Å². The van der Waals surface area contributed by atoms with Crippen LogP contribution in [0.1, 0.15) is 11.6 Å². The number of carbonyl (C=O) groups is 2. The summed E-state index contributed by atoms with van der Waals surface area (Å²) in [6.45, 7) is -0.714. The summed E-state index contributed by atoms with van der Waals surface area (Å²) in [6.07, 6.45) is 1.40. The van der Waals surface area contributed by atoms with Gasteiger partial charge in [-0.2, -0.15) is 0 Å². The number of carbonyl (C=O) groups excluding carboxylic acids is 1. The molecule has 0 spiro atoms. The molecular weight excluding hydrogens is 376 g/mol. The SMILES string of the molecule is O=C(O)CNC(=O)[C@H](Cc1ccccc1)n1cc([N+](=O)[O-])c(=O)c([N+](=O)[O-])c1. The number of carboxylic acids is 1. The zero-order valence-electron chi connectivity index (χ0n) is 14.2. The van der Waals surface area contributed by atoms with Crippen LogP contribution >= 0.6 is 0 Å². The van der Waals surface area contributed by atoms with Crippen molar-refractivity contribution in [2.24, 2.45) is 0 Å². The monoisotopic (exact) mass is 390 g/mol. The average molecular weight is 390 g/mol. The van der Waals surface area contributed by atoms with E-state index in [0.29, 0.717) is 5.56 Å². The van der Waals surface area contributed by atoms with Gasteiger partial charge in [-0.1, -0.05) is 30.3 Å². The second kappa shape index (κ2) is 8.53. The first kappa shape index (κ1) is 20.2. The Labute approximate surface area is 156 Å². The van der Waals surface area contributed by atoms with Crippen LogP contribution in [0.4, 0.5) is 11.4 Å². The Morgan fingerprint density at radius 1 is 1.07 bits per heavy atom. The van der Waals surface area contributed by atoms with Crippen molar-refractivity contribution in [1.82, 2.24) is 9.88 Å². The molecule has 2 N–H and O–H groups in total. The quantitative estimate of drug-likeness (QED) is 0.488. The zero-order valence-corrected chi connectivity index (χ0v) is 14.2. The summed E-state index contributed by atoms with van der Waals surface area (Å²) < 4.78 is 0.877. The predicted molar refractivity (Wildman–Crippen MR) is 93.8 cm³/mol. The number of pyridine rings is 1. The third-order valence-electron chi connectivity index (χ3n) is 3.75. The van der Waals surface area contributed by atoms with Crippen molar-refractivity contribution in [3.8, 4) is 0 Å². The molecule has 1 atom stereocenters. The number of nitrogens with one attached hydrogen (secondary N) is 1. The maximum atomic E-state index is 12.5. The number of benzene rings is 1. The van der Waals surface area contributed by atoms with Gasteiger partial charge >= 0.3 is 22.8 Å². The lowest BCUT2D eigenvalue weighted by Crippen LogP contribution is -2.37. The topological polar surface area (TPSA) is 175 Å². The van der Waals surface area contributed by atoms with E-state index in [4.69, 9.17) is 5.11 Å². The molecule has 0 aliphatic heterocycles. The molecule has 1 heterocycles. The number of carboxylic acid groups (broad SMARTS) is 1. The molecule has 0 saturated carbocycles. The van der Waals surface area contributed by atoms with Crippen LogP contribution in [0.5, 0.6) is 0 Å². The molecule has 12 heteroatoms. The van der Waals surface area contributed by atoms with Gasteiger partial charge in [0.05, 0.1) is 22.2 Å². The van der Waals surface area contributed by atoms with Crippen molar-refractivity contribution in [3.05, 3.63) is 78.7 Å². The van der Waals surface area contributed by atoms with Gasteiger partial charge < -0.3 is 15.0 Å². The molecule has 0 aliphatic rings. The van der Waals surface area contributed by atoms with E-state index < -0.39 is 51.1 Å². The second-order valence-corrected chi connectivity index (χ2v) is 5.64. The number of aliphatic carboxylic acids is 1. The number of nitrogens with zero attached hydrogens (tertiary/aromatic N) is 3. The number of hydrogen-bond donors (Lipinski definition) is 2. The Morgan fingerprint density at radius 3 is 2.07 bits per heavy atom. The lowest BCUT2D eigenvalue weighted by atomic mass is 10.0. The minimum atomic E-state index is -1.39. The first-order valence-corrected chi connectivity index (χ1v) is 7.78. The summed E-state index contributed by atoms with van der Waals surface area (Å²) in [5.74, 6) is -2.15. The molecule has 1 aromatic heterocycles. The van der Waals surface area contributed by atoms with Crippen molar-refractivity contribution >= 4 is 23.3 Å². The highest BCUT2D eigenvalue weighted by atomic mass is 16.6. The van der Waals surface area contributed by atoms with Crippen LogP contribution in [0.15, 0.2) is 47.5 Å². The molecule has 2 rings (SSSR count). The fraction of sp³-hybridized carbons (Fsp3) is 0.188. The number of aromatic nitrogens is 1. The molecule has 28 heavy (non-hydrogen) atoms. The van der Waals surface area contributed by atoms with Gasteiger partial charge in [0.25, 0.3) is 0 Å². The average Bonchev–Trinajstić information content (AvgIpc) is 2.64. The van der Waals surface area contributed by atoms with Gasteiger partial charge in [-0.05, 0) is 5.56 Å². The van der Waals surface area contributed by atoms with Gasteiger partial charge in [0.2, 0.25) is 5.91 Å². The molecule has 0 unspecified atom stereocenters. The smallest absolute Gasteiger partial charge is 0.339 e. The van der Waals surface area contributed by atoms with E-state index in [9.17, 15) is 34.6 Å². The molecule has 146 valence electrons. The molecule has 1 amide bonds. The third kappa shape index (κ3) is 4.75. The standard InChI is InChI=1S/C16H14N4O8/c21-14(22)7-17-16(24)11(6-10-4-2-1-3-5-10)18-8-12(19(25)26)15(23)13(9-18)20(27)28/h1-5,8-9,11H,6-7H2,(H,17,24)(H,21,22)/t11-/m0/s1. The van der Waals surface area contributed by atoms with E-state index in [1.165, 1.54) is 0 Å². The molecular formula is C16H14N4O8. The summed E-state index contributed by atoms with van der Waals surface area (Å²) >= 11 is 0. The molecule has 2 aromatic rings. The summed E-state index contributed by atoms with van der Waals surface area (Å²) in [5.41, 5.74) is -2.92. The molecule has 0 bridgehead atoms. The fourth-order valence-corrected chi connectivity index (χ4v) is 2.46. The molecule has 0 fully saturated rings. The molecule has 1 aromatic carbocycles. The Hall–Kier alpha value is -4.09. The summed E-state index contributed by atoms with van der Waals surface area (Å²) in [5, 5.41) is 33.1. The van der Waals surface area contributed by atoms with Crippen LogP contribution in [-0.4, -0.2) is 37.9 Å². The van der Waals surface area contributed by atoms with Gasteiger partial charge in [0, 0.05) is 6.42 Å². The summed E-state index contributed by atoms with van der Waals surface area (Å²) in [6, 6.07) is 7.12. The maximum Gasteiger partial charge on any atom is 0.339 e. The minimum Gasteiger partial charge on any atom is -0.480 e. The van der Waals surface area contributed by atoms with Gasteiger partial charge in [0.15, 0.2) is 0 Å². The highest BCUT2D eigenvalue weighted by molar-refractivity contribution is 5.84.